The normalized spacial score (nSPS) is 21.0. The van der Waals surface area contributed by atoms with Crippen molar-refractivity contribution < 1.29 is 23.9 Å². The highest BCUT2D eigenvalue weighted by atomic mass is 16.5. The Kier molecular flexibility index (Phi) is 5.41. The fraction of sp³-hybridized carbons (Fsp3) is 0.412. The number of hydrogen-bond acceptors (Lipinski definition) is 5. The fourth-order valence-electron chi connectivity index (χ4n) is 2.52. The molecule has 0 aliphatic carbocycles. The van der Waals surface area contributed by atoms with Gasteiger partial charge in [0.1, 0.15) is 12.1 Å². The van der Waals surface area contributed by atoms with Gasteiger partial charge in [0.25, 0.3) is 11.8 Å². The molecule has 1 aliphatic rings. The van der Waals surface area contributed by atoms with E-state index in [4.69, 9.17) is 10.5 Å². The highest BCUT2D eigenvalue weighted by Gasteiger charge is 2.48. The van der Waals surface area contributed by atoms with Crippen LogP contribution in [-0.4, -0.2) is 46.9 Å². The van der Waals surface area contributed by atoms with Gasteiger partial charge in [-0.2, -0.15) is 0 Å². The van der Waals surface area contributed by atoms with Crippen molar-refractivity contribution >= 4 is 23.8 Å². The Balaban J connectivity index is 1.98. The minimum Gasteiger partial charge on any atom is -0.451 e. The second-order valence-corrected chi connectivity index (χ2v) is 6.17. The minimum absolute atomic E-state index is 0.394. The summed E-state index contributed by atoms with van der Waals surface area (Å²) in [6.45, 7) is 2.37. The Morgan fingerprint density at radius 1 is 1.28 bits per heavy atom. The van der Waals surface area contributed by atoms with Crippen molar-refractivity contribution in [2.75, 3.05) is 6.54 Å². The summed E-state index contributed by atoms with van der Waals surface area (Å²) in [6.07, 6.45) is -0.136. The Bertz CT molecular complexity index is 691. The van der Waals surface area contributed by atoms with E-state index in [-0.39, 0.29) is 0 Å². The van der Waals surface area contributed by atoms with Gasteiger partial charge in [0.2, 0.25) is 0 Å². The number of rotatable bonds is 7. The zero-order valence-corrected chi connectivity index (χ0v) is 14.2. The van der Waals surface area contributed by atoms with Gasteiger partial charge in [0.15, 0.2) is 6.10 Å². The number of hydrogen-bond donors (Lipinski definition) is 2. The predicted octanol–water partition coefficient (Wildman–Crippen LogP) is 0.347. The number of ether oxygens (including phenoxy) is 1. The van der Waals surface area contributed by atoms with Gasteiger partial charge in [-0.15, -0.1) is 0 Å². The van der Waals surface area contributed by atoms with Gasteiger partial charge in [-0.25, -0.2) is 4.79 Å². The topological polar surface area (TPSA) is 119 Å². The molecule has 1 fully saturated rings. The van der Waals surface area contributed by atoms with E-state index in [1.807, 2.05) is 30.3 Å². The molecule has 25 heavy (non-hydrogen) atoms. The molecule has 134 valence electrons. The minimum atomic E-state index is -1.13. The van der Waals surface area contributed by atoms with Crippen LogP contribution in [-0.2, 0) is 25.5 Å². The average molecular weight is 347 g/mol. The summed E-state index contributed by atoms with van der Waals surface area (Å²) in [6, 6.07) is 8.90. The molecule has 0 radical (unpaired) electrons. The van der Waals surface area contributed by atoms with Gasteiger partial charge in [-0.3, -0.25) is 19.3 Å². The summed E-state index contributed by atoms with van der Waals surface area (Å²) in [5, 5.41) is 2.62. The Morgan fingerprint density at radius 3 is 2.52 bits per heavy atom. The van der Waals surface area contributed by atoms with Gasteiger partial charge in [0.05, 0.1) is 0 Å². The van der Waals surface area contributed by atoms with Crippen LogP contribution in [0.4, 0.5) is 4.79 Å². The lowest BCUT2D eigenvalue weighted by atomic mass is 9.93. The third-order valence-electron chi connectivity index (χ3n) is 4.10. The Morgan fingerprint density at radius 2 is 1.92 bits per heavy atom. The molecule has 2 rings (SSSR count). The highest BCUT2D eigenvalue weighted by Crippen LogP contribution is 2.23. The molecule has 1 saturated heterocycles. The molecule has 1 heterocycles. The first kappa shape index (κ1) is 18.4. The Hall–Kier alpha value is -2.90. The van der Waals surface area contributed by atoms with Crippen molar-refractivity contribution in [2.24, 2.45) is 5.73 Å². The first-order valence-corrected chi connectivity index (χ1v) is 7.90. The molecule has 3 N–H and O–H groups in total. The highest BCUT2D eigenvalue weighted by molar-refractivity contribution is 6.08. The number of esters is 1. The number of carbonyl (C=O) groups is 4. The third-order valence-corrected chi connectivity index (χ3v) is 4.10. The van der Waals surface area contributed by atoms with Gasteiger partial charge in [0, 0.05) is 0 Å². The smallest absolute Gasteiger partial charge is 0.327 e. The molecule has 8 heteroatoms. The summed E-state index contributed by atoms with van der Waals surface area (Å²) in [5.74, 6) is -2.18. The van der Waals surface area contributed by atoms with E-state index in [0.29, 0.717) is 12.8 Å². The van der Waals surface area contributed by atoms with Crippen molar-refractivity contribution in [3.8, 4) is 0 Å². The summed E-state index contributed by atoms with van der Waals surface area (Å²) < 4.78 is 4.78. The van der Waals surface area contributed by atoms with E-state index in [1.54, 1.807) is 6.92 Å². The number of nitrogens with zero attached hydrogens (tertiary/aromatic N) is 1. The Labute approximate surface area is 145 Å². The number of imide groups is 1. The van der Waals surface area contributed by atoms with E-state index >= 15 is 0 Å². The van der Waals surface area contributed by atoms with Crippen LogP contribution in [0.2, 0.25) is 0 Å². The lowest BCUT2D eigenvalue weighted by molar-refractivity contribution is -0.155. The van der Waals surface area contributed by atoms with Gasteiger partial charge in [-0.05, 0) is 32.3 Å². The maximum Gasteiger partial charge on any atom is 0.327 e. The third kappa shape index (κ3) is 4.34. The number of carbonyl (C=O) groups excluding carboxylic acids is 4. The predicted molar refractivity (Wildman–Crippen MR) is 88.2 cm³/mol. The molecule has 0 spiro atoms. The van der Waals surface area contributed by atoms with Gasteiger partial charge in [-0.1, -0.05) is 30.3 Å². The first-order chi connectivity index (χ1) is 11.7. The summed E-state index contributed by atoms with van der Waals surface area (Å²) >= 11 is 0. The van der Waals surface area contributed by atoms with Crippen molar-refractivity contribution in [1.29, 1.82) is 0 Å². The van der Waals surface area contributed by atoms with E-state index < -0.39 is 42.0 Å². The molecule has 0 unspecified atom stereocenters. The molecule has 0 bridgehead atoms. The number of benzene rings is 1. The maximum absolute atomic E-state index is 12.6. The van der Waals surface area contributed by atoms with Crippen LogP contribution in [0.15, 0.2) is 30.3 Å². The zero-order chi connectivity index (χ0) is 18.6. The molecular formula is C17H21N3O5. The largest absolute Gasteiger partial charge is 0.451 e. The summed E-state index contributed by atoms with van der Waals surface area (Å²) in [7, 11) is 0. The maximum atomic E-state index is 12.6. The number of aryl methyl sites for hydroxylation is 1. The van der Waals surface area contributed by atoms with Crippen LogP contribution in [0.3, 0.4) is 0 Å². The average Bonchev–Trinajstić information content (AvgIpc) is 2.77. The second kappa shape index (κ2) is 7.33. The lowest BCUT2D eigenvalue weighted by Gasteiger charge is -2.21. The van der Waals surface area contributed by atoms with E-state index in [1.165, 1.54) is 6.92 Å². The molecule has 0 saturated carbocycles. The van der Waals surface area contributed by atoms with E-state index in [9.17, 15) is 19.2 Å². The van der Waals surface area contributed by atoms with Crippen LogP contribution in [0.1, 0.15) is 25.8 Å². The fourth-order valence-corrected chi connectivity index (χ4v) is 2.52. The standard InChI is InChI=1S/C17H21N3O5/c1-11(14(18)22)25-13(21)10-20-15(23)17(2,19-16(20)24)9-8-12-6-4-3-5-7-12/h3-7,11H,8-10H2,1-2H3,(H2,18,22)(H,19,24)/t11-,17-/m1/s1. The second-order valence-electron chi connectivity index (χ2n) is 6.17. The molecule has 1 aromatic carbocycles. The molecule has 4 amide bonds. The van der Waals surface area contributed by atoms with E-state index in [2.05, 4.69) is 5.32 Å². The molecule has 1 aromatic rings. The van der Waals surface area contributed by atoms with Crippen LogP contribution < -0.4 is 11.1 Å². The number of primary amides is 1. The summed E-state index contributed by atoms with van der Waals surface area (Å²) in [4.78, 5) is 48.1. The monoisotopic (exact) mass is 347 g/mol. The van der Waals surface area contributed by atoms with Crippen molar-refractivity contribution in [2.45, 2.75) is 38.3 Å². The van der Waals surface area contributed by atoms with Crippen molar-refractivity contribution in [1.82, 2.24) is 10.2 Å². The van der Waals surface area contributed by atoms with Crippen LogP contribution in [0, 0.1) is 0 Å². The summed E-state index contributed by atoms with van der Waals surface area (Å²) in [5.41, 5.74) is 4.95. The molecule has 8 nitrogen and oxygen atoms in total. The number of amides is 4. The quantitative estimate of drug-likeness (QED) is 0.545. The number of urea groups is 1. The van der Waals surface area contributed by atoms with Crippen LogP contribution in [0.25, 0.3) is 0 Å². The number of nitrogens with one attached hydrogen (secondary N) is 1. The molecular weight excluding hydrogens is 326 g/mol. The molecule has 2 atom stereocenters. The zero-order valence-electron chi connectivity index (χ0n) is 14.2. The van der Waals surface area contributed by atoms with Crippen molar-refractivity contribution in [3.63, 3.8) is 0 Å². The van der Waals surface area contributed by atoms with Crippen LogP contribution >= 0.6 is 0 Å². The van der Waals surface area contributed by atoms with E-state index in [0.717, 1.165) is 10.5 Å². The van der Waals surface area contributed by atoms with Crippen LogP contribution in [0.5, 0.6) is 0 Å². The first-order valence-electron chi connectivity index (χ1n) is 7.90. The SMILES string of the molecule is C[C@@H](OC(=O)CN1C(=O)N[C@](C)(CCc2ccccc2)C1=O)C(N)=O. The number of nitrogens with two attached hydrogens (primary N) is 1. The van der Waals surface area contributed by atoms with Crippen molar-refractivity contribution in [3.05, 3.63) is 35.9 Å². The molecule has 1 aliphatic heterocycles. The molecule has 0 aromatic heterocycles. The lowest BCUT2D eigenvalue weighted by Crippen LogP contribution is -2.45. The van der Waals surface area contributed by atoms with Gasteiger partial charge < -0.3 is 15.8 Å². The van der Waals surface area contributed by atoms with Gasteiger partial charge >= 0.3 is 12.0 Å².